The normalized spacial score (nSPS) is 13.7. The summed E-state index contributed by atoms with van der Waals surface area (Å²) in [6.07, 6.45) is 1.85. The van der Waals surface area contributed by atoms with Crippen LogP contribution in [0.4, 0.5) is 0 Å². The summed E-state index contributed by atoms with van der Waals surface area (Å²) in [6.45, 7) is 1.91. The largest absolute Gasteiger partial charge is 0.449 e. The molecule has 0 spiro atoms. The van der Waals surface area contributed by atoms with Gasteiger partial charge in [0, 0.05) is 44.9 Å². The van der Waals surface area contributed by atoms with E-state index in [1.165, 1.54) is 16.2 Å². The second-order valence-corrected chi connectivity index (χ2v) is 7.91. The van der Waals surface area contributed by atoms with Gasteiger partial charge in [-0.05, 0) is 41.6 Å². The minimum absolute atomic E-state index is 0.335. The summed E-state index contributed by atoms with van der Waals surface area (Å²) in [7, 11) is 0. The lowest BCUT2D eigenvalue weighted by molar-refractivity contribution is -0.601. The Kier molecular flexibility index (Phi) is 2.95. The third-order valence-corrected chi connectivity index (χ3v) is 6.14. The molecule has 2 heteroatoms. The van der Waals surface area contributed by atoms with Crippen molar-refractivity contribution in [3.05, 3.63) is 95.8 Å². The summed E-state index contributed by atoms with van der Waals surface area (Å²) < 4.78 is 31.9. The topological polar surface area (TPSA) is 17.0 Å². The standard InChI is InChI=1S/C28H22NO/c1-17-14-15-29(18(2)16-17)27-19(3)21-13-12-20-8-4-5-9-22(20)25(21)26-23-10-6-7-11-24(23)30-28(26)27/h4-16H,1-3H3/q+1/i1D3. The van der Waals surface area contributed by atoms with E-state index in [-0.39, 0.29) is 0 Å². The molecule has 0 aliphatic rings. The van der Waals surface area contributed by atoms with Gasteiger partial charge >= 0.3 is 0 Å². The number of hydrogen-bond acceptors (Lipinski definition) is 1. The predicted molar refractivity (Wildman–Crippen MR) is 124 cm³/mol. The van der Waals surface area contributed by atoms with Gasteiger partial charge in [-0.25, -0.2) is 0 Å². The SMILES string of the molecule is [2H]C([2H])([2H])c1cc[n+](-c2c(C)c3ccc4ccccc4c3c3c2oc2ccccc23)c(C)c1. The number of furan rings is 1. The maximum Gasteiger partial charge on any atom is 0.258 e. The number of aromatic nitrogens is 1. The van der Waals surface area contributed by atoms with Crippen molar-refractivity contribution in [1.29, 1.82) is 0 Å². The molecule has 2 nitrogen and oxygen atoms in total. The fourth-order valence-electron chi connectivity index (χ4n) is 4.77. The number of para-hydroxylation sites is 1. The van der Waals surface area contributed by atoms with E-state index in [9.17, 15) is 0 Å². The number of hydrogen-bond donors (Lipinski definition) is 0. The van der Waals surface area contributed by atoms with E-state index in [2.05, 4.69) is 49.4 Å². The van der Waals surface area contributed by atoms with Crippen molar-refractivity contribution in [2.75, 3.05) is 0 Å². The van der Waals surface area contributed by atoms with Crippen molar-refractivity contribution in [3.8, 4) is 5.69 Å². The highest BCUT2D eigenvalue weighted by molar-refractivity contribution is 6.28. The molecule has 0 bridgehead atoms. The molecule has 0 radical (unpaired) electrons. The van der Waals surface area contributed by atoms with Crippen LogP contribution in [0.3, 0.4) is 0 Å². The molecule has 0 amide bonds. The molecular formula is C28H22NO+. The van der Waals surface area contributed by atoms with Crippen LogP contribution in [0, 0.1) is 20.7 Å². The van der Waals surface area contributed by atoms with Crippen LogP contribution >= 0.6 is 0 Å². The average molecular weight is 392 g/mol. The Labute approximate surface area is 179 Å². The lowest BCUT2D eigenvalue weighted by Crippen LogP contribution is -2.35. The molecule has 4 aromatic carbocycles. The van der Waals surface area contributed by atoms with Gasteiger partial charge < -0.3 is 4.42 Å². The molecule has 0 saturated carbocycles. The summed E-state index contributed by atoms with van der Waals surface area (Å²) in [6, 6.07) is 24.3. The summed E-state index contributed by atoms with van der Waals surface area (Å²) in [5, 5.41) is 6.90. The predicted octanol–water partition coefficient (Wildman–Crippen LogP) is 7.09. The molecule has 30 heavy (non-hydrogen) atoms. The number of nitrogens with zero attached hydrogens (tertiary/aromatic N) is 1. The van der Waals surface area contributed by atoms with Crippen LogP contribution in [0.25, 0.3) is 49.2 Å². The van der Waals surface area contributed by atoms with E-state index in [4.69, 9.17) is 8.53 Å². The van der Waals surface area contributed by atoms with Gasteiger partial charge in [-0.3, -0.25) is 0 Å². The first kappa shape index (κ1) is 14.4. The molecule has 6 aromatic rings. The number of aryl methyl sites for hydroxylation is 3. The summed E-state index contributed by atoms with van der Waals surface area (Å²) in [5.74, 6) is 0. The number of rotatable bonds is 1. The first-order valence-corrected chi connectivity index (χ1v) is 10.1. The molecule has 0 saturated heterocycles. The van der Waals surface area contributed by atoms with E-state index in [0.717, 1.165) is 44.3 Å². The summed E-state index contributed by atoms with van der Waals surface area (Å²) in [5.41, 5.74) is 4.86. The maximum absolute atomic E-state index is 7.78. The second-order valence-electron chi connectivity index (χ2n) is 7.91. The zero-order valence-corrected chi connectivity index (χ0v) is 16.9. The van der Waals surface area contributed by atoms with E-state index in [1.807, 2.05) is 35.9 Å². The van der Waals surface area contributed by atoms with Crippen molar-refractivity contribution in [1.82, 2.24) is 0 Å². The Hall–Kier alpha value is -3.65. The van der Waals surface area contributed by atoms with Crippen LogP contribution in [0.2, 0.25) is 0 Å². The lowest BCUT2D eigenvalue weighted by Gasteiger charge is -2.11. The lowest BCUT2D eigenvalue weighted by atomic mass is 9.93. The van der Waals surface area contributed by atoms with Gasteiger partial charge in [0.25, 0.3) is 5.69 Å². The molecule has 2 heterocycles. The fourth-order valence-corrected chi connectivity index (χ4v) is 4.77. The Morgan fingerprint density at radius 3 is 2.43 bits per heavy atom. The average Bonchev–Trinajstić information content (AvgIpc) is 3.18. The zero-order valence-electron chi connectivity index (χ0n) is 19.9. The highest BCUT2D eigenvalue weighted by Crippen LogP contribution is 2.42. The van der Waals surface area contributed by atoms with Crippen LogP contribution < -0.4 is 4.57 Å². The minimum Gasteiger partial charge on any atom is -0.449 e. The highest BCUT2D eigenvalue weighted by Gasteiger charge is 2.26. The molecule has 0 fully saturated rings. The molecule has 0 atom stereocenters. The van der Waals surface area contributed by atoms with Crippen molar-refractivity contribution in [2.45, 2.75) is 20.7 Å². The van der Waals surface area contributed by atoms with Crippen LogP contribution in [-0.4, -0.2) is 0 Å². The van der Waals surface area contributed by atoms with Gasteiger partial charge in [-0.2, -0.15) is 4.57 Å². The molecule has 0 unspecified atom stereocenters. The van der Waals surface area contributed by atoms with Gasteiger partial charge in [0.1, 0.15) is 5.58 Å². The molecule has 0 aliphatic heterocycles. The van der Waals surface area contributed by atoms with Gasteiger partial charge in [0.15, 0.2) is 11.9 Å². The van der Waals surface area contributed by atoms with Gasteiger partial charge in [-0.1, -0.05) is 54.6 Å². The van der Waals surface area contributed by atoms with Gasteiger partial charge in [0.2, 0.25) is 5.58 Å². The summed E-state index contributed by atoms with van der Waals surface area (Å²) in [4.78, 5) is 0. The number of pyridine rings is 1. The highest BCUT2D eigenvalue weighted by atomic mass is 16.3. The van der Waals surface area contributed by atoms with Gasteiger partial charge in [0.05, 0.1) is 0 Å². The van der Waals surface area contributed by atoms with Crippen molar-refractivity contribution in [3.63, 3.8) is 0 Å². The van der Waals surface area contributed by atoms with Crippen molar-refractivity contribution < 1.29 is 13.1 Å². The Balaban J connectivity index is 1.83. The monoisotopic (exact) mass is 391 g/mol. The van der Waals surface area contributed by atoms with Crippen LogP contribution in [-0.2, 0) is 0 Å². The van der Waals surface area contributed by atoms with E-state index in [1.54, 1.807) is 12.1 Å². The van der Waals surface area contributed by atoms with E-state index < -0.39 is 6.85 Å². The number of fused-ring (bicyclic) bond motifs is 7. The quantitative estimate of drug-likeness (QED) is 0.216. The minimum atomic E-state index is -2.14. The smallest absolute Gasteiger partial charge is 0.258 e. The maximum atomic E-state index is 7.78. The Morgan fingerprint density at radius 2 is 1.60 bits per heavy atom. The van der Waals surface area contributed by atoms with Crippen LogP contribution in [0.1, 0.15) is 20.9 Å². The third kappa shape index (κ3) is 2.28. The molecule has 0 N–H and O–H groups in total. The van der Waals surface area contributed by atoms with E-state index >= 15 is 0 Å². The molecule has 144 valence electrons. The number of benzene rings is 4. The van der Waals surface area contributed by atoms with Crippen molar-refractivity contribution in [2.24, 2.45) is 0 Å². The van der Waals surface area contributed by atoms with Crippen LogP contribution in [0.5, 0.6) is 0 Å². The van der Waals surface area contributed by atoms with Crippen LogP contribution in [0.15, 0.2) is 83.4 Å². The molecule has 0 aliphatic carbocycles. The zero-order chi connectivity index (χ0) is 22.9. The third-order valence-electron chi connectivity index (χ3n) is 6.14. The Bertz CT molecular complexity index is 1730. The summed E-state index contributed by atoms with van der Waals surface area (Å²) >= 11 is 0. The van der Waals surface area contributed by atoms with Crippen molar-refractivity contribution >= 4 is 43.5 Å². The molecule has 2 aromatic heterocycles. The molecule has 6 rings (SSSR count). The second kappa shape index (κ2) is 6.17. The molecular weight excluding hydrogens is 366 g/mol. The Morgan fingerprint density at radius 1 is 0.800 bits per heavy atom. The van der Waals surface area contributed by atoms with Gasteiger partial charge in [-0.15, -0.1) is 0 Å². The first-order valence-electron chi connectivity index (χ1n) is 11.6. The fraction of sp³-hybridized carbons (Fsp3) is 0.107. The first-order chi connectivity index (χ1) is 15.8. The van der Waals surface area contributed by atoms with E-state index in [0.29, 0.717) is 5.56 Å².